The minimum Gasteiger partial charge on any atom is -0.366 e. The maximum Gasteiger partial charge on any atom is 0.251 e. The summed E-state index contributed by atoms with van der Waals surface area (Å²) in [5, 5.41) is 3.21. The molecule has 0 aliphatic rings. The Kier molecular flexibility index (Phi) is 4.75. The van der Waals surface area contributed by atoms with Gasteiger partial charge in [0.1, 0.15) is 18.2 Å². The van der Waals surface area contributed by atoms with E-state index < -0.39 is 29.0 Å². The molecule has 0 bridgehead atoms. The molecule has 1 heterocycles. The Hall–Kier alpha value is -4.07. The number of hydrogen-bond acceptors (Lipinski definition) is 3. The fourth-order valence-electron chi connectivity index (χ4n) is 3.41. The molecule has 6 nitrogen and oxygen atoms in total. The third-order valence-electron chi connectivity index (χ3n) is 4.78. The number of para-hydroxylation sites is 2. The number of benzene rings is 3. The third kappa shape index (κ3) is 3.28. The molecule has 150 valence electrons. The lowest BCUT2D eigenvalue weighted by molar-refractivity contribution is -0.116. The summed E-state index contributed by atoms with van der Waals surface area (Å²) in [6.07, 6.45) is 0. The van der Waals surface area contributed by atoms with Crippen LogP contribution in [-0.2, 0) is 11.3 Å². The van der Waals surface area contributed by atoms with Crippen LogP contribution in [0.1, 0.15) is 10.4 Å². The van der Waals surface area contributed by atoms with Crippen LogP contribution in [0.5, 0.6) is 0 Å². The topological polar surface area (TPSA) is 94.2 Å². The van der Waals surface area contributed by atoms with Crippen molar-refractivity contribution in [1.82, 2.24) is 4.57 Å². The summed E-state index contributed by atoms with van der Waals surface area (Å²) in [4.78, 5) is 36.7. The van der Waals surface area contributed by atoms with E-state index in [2.05, 4.69) is 5.32 Å². The molecule has 0 aliphatic carbocycles. The van der Waals surface area contributed by atoms with E-state index in [4.69, 9.17) is 5.73 Å². The van der Waals surface area contributed by atoms with Crippen LogP contribution in [0, 0.1) is 11.6 Å². The van der Waals surface area contributed by atoms with Crippen LogP contribution in [0.25, 0.3) is 21.8 Å². The Morgan fingerprint density at radius 2 is 1.47 bits per heavy atom. The van der Waals surface area contributed by atoms with E-state index in [0.717, 1.165) is 6.07 Å². The van der Waals surface area contributed by atoms with E-state index in [9.17, 15) is 23.2 Å². The van der Waals surface area contributed by atoms with E-state index in [1.165, 1.54) is 0 Å². The lowest BCUT2D eigenvalue weighted by Gasteiger charge is -2.15. The first kappa shape index (κ1) is 19.3. The van der Waals surface area contributed by atoms with Gasteiger partial charge in [0, 0.05) is 16.8 Å². The number of pyridine rings is 1. The van der Waals surface area contributed by atoms with Gasteiger partial charge in [0.2, 0.25) is 5.91 Å². The molecular weight excluding hydrogens is 392 g/mol. The maximum atomic E-state index is 14.1. The van der Waals surface area contributed by atoms with Crippen molar-refractivity contribution in [3.63, 3.8) is 0 Å². The predicted molar refractivity (Wildman–Crippen MR) is 109 cm³/mol. The van der Waals surface area contributed by atoms with Crippen molar-refractivity contribution in [2.24, 2.45) is 5.73 Å². The molecule has 2 amide bonds. The quantitative estimate of drug-likeness (QED) is 0.509. The SMILES string of the molecule is NC(=O)c1cc(NC(=O)Cn2c3ccccc3c(=O)c3ccccc32)c(F)cc1F. The van der Waals surface area contributed by atoms with Gasteiger partial charge in [0.05, 0.1) is 22.3 Å². The van der Waals surface area contributed by atoms with E-state index in [1.807, 2.05) is 0 Å². The smallest absolute Gasteiger partial charge is 0.251 e. The van der Waals surface area contributed by atoms with Crippen LogP contribution in [0.2, 0.25) is 0 Å². The van der Waals surface area contributed by atoms with Crippen molar-refractivity contribution in [1.29, 1.82) is 0 Å². The number of carbonyl (C=O) groups excluding carboxylic acids is 2. The lowest BCUT2D eigenvalue weighted by atomic mass is 10.1. The third-order valence-corrected chi connectivity index (χ3v) is 4.78. The molecule has 0 saturated carbocycles. The summed E-state index contributed by atoms with van der Waals surface area (Å²) in [7, 11) is 0. The summed E-state index contributed by atoms with van der Waals surface area (Å²) in [5.41, 5.74) is 5.09. The minimum absolute atomic E-state index is 0.159. The van der Waals surface area contributed by atoms with Crippen molar-refractivity contribution in [3.8, 4) is 0 Å². The molecule has 1 aromatic heterocycles. The normalized spacial score (nSPS) is 11.0. The van der Waals surface area contributed by atoms with E-state index in [1.54, 1.807) is 53.1 Å². The van der Waals surface area contributed by atoms with Crippen LogP contribution in [0.15, 0.2) is 65.5 Å². The first-order valence-electron chi connectivity index (χ1n) is 8.96. The predicted octanol–water partition coefficient (Wildman–Crippen LogP) is 3.17. The Bertz CT molecular complexity index is 1340. The summed E-state index contributed by atoms with van der Waals surface area (Å²) in [6, 6.07) is 15.0. The van der Waals surface area contributed by atoms with Crippen molar-refractivity contribution in [2.45, 2.75) is 6.54 Å². The van der Waals surface area contributed by atoms with Crippen LogP contribution < -0.4 is 16.5 Å². The van der Waals surface area contributed by atoms with Gasteiger partial charge in [-0.05, 0) is 30.3 Å². The zero-order valence-corrected chi connectivity index (χ0v) is 15.5. The van der Waals surface area contributed by atoms with Gasteiger partial charge in [-0.3, -0.25) is 14.4 Å². The fraction of sp³-hybridized carbons (Fsp3) is 0.0455. The van der Waals surface area contributed by atoms with Crippen molar-refractivity contribution >= 4 is 39.3 Å². The summed E-state index contributed by atoms with van der Waals surface area (Å²) < 4.78 is 29.4. The van der Waals surface area contributed by atoms with Gasteiger partial charge in [-0.25, -0.2) is 8.78 Å². The Morgan fingerprint density at radius 3 is 2.03 bits per heavy atom. The number of carbonyl (C=O) groups is 2. The number of nitrogens with zero attached hydrogens (tertiary/aromatic N) is 1. The summed E-state index contributed by atoms with van der Waals surface area (Å²) >= 11 is 0. The van der Waals surface area contributed by atoms with Crippen molar-refractivity contribution < 1.29 is 18.4 Å². The molecule has 4 rings (SSSR count). The highest BCUT2D eigenvalue weighted by Gasteiger charge is 2.17. The van der Waals surface area contributed by atoms with Crippen molar-refractivity contribution in [3.05, 3.63) is 88.1 Å². The largest absolute Gasteiger partial charge is 0.366 e. The second-order valence-electron chi connectivity index (χ2n) is 6.67. The average molecular weight is 407 g/mol. The van der Waals surface area contributed by atoms with Gasteiger partial charge in [-0.15, -0.1) is 0 Å². The monoisotopic (exact) mass is 407 g/mol. The molecule has 8 heteroatoms. The first-order chi connectivity index (χ1) is 14.4. The molecular formula is C22H15F2N3O3. The molecule has 0 spiro atoms. The molecule has 30 heavy (non-hydrogen) atoms. The number of halogens is 2. The van der Waals surface area contributed by atoms with Gasteiger partial charge >= 0.3 is 0 Å². The van der Waals surface area contributed by atoms with E-state index in [-0.39, 0.29) is 17.7 Å². The van der Waals surface area contributed by atoms with E-state index in [0.29, 0.717) is 27.9 Å². The van der Waals surface area contributed by atoms with Crippen LogP contribution in [0.4, 0.5) is 14.5 Å². The molecule has 0 radical (unpaired) electrons. The summed E-state index contributed by atoms with van der Waals surface area (Å²) in [5.74, 6) is -3.87. The first-order valence-corrected chi connectivity index (χ1v) is 8.96. The zero-order chi connectivity index (χ0) is 21.4. The number of anilines is 1. The fourth-order valence-corrected chi connectivity index (χ4v) is 3.41. The lowest BCUT2D eigenvalue weighted by Crippen LogP contribution is -2.22. The molecule has 0 saturated heterocycles. The van der Waals surface area contributed by atoms with Crippen LogP contribution in [0.3, 0.4) is 0 Å². The number of nitrogens with two attached hydrogens (primary N) is 1. The minimum atomic E-state index is -1.12. The second-order valence-corrected chi connectivity index (χ2v) is 6.67. The number of amides is 2. The molecule has 3 aromatic carbocycles. The van der Waals surface area contributed by atoms with Gasteiger partial charge in [0.15, 0.2) is 5.43 Å². The molecule has 3 N–H and O–H groups in total. The standard InChI is InChI=1S/C22H15F2N3O3/c23-15-10-16(24)17(9-14(15)22(25)30)26-20(28)11-27-18-7-3-1-5-12(18)21(29)13-6-2-4-8-19(13)27/h1-10H,11H2,(H2,25,30)(H,26,28). The number of nitrogens with one attached hydrogen (secondary N) is 1. The van der Waals surface area contributed by atoms with Crippen LogP contribution in [-0.4, -0.2) is 16.4 Å². The highest BCUT2D eigenvalue weighted by molar-refractivity contribution is 5.99. The molecule has 4 aromatic rings. The van der Waals surface area contributed by atoms with Crippen LogP contribution >= 0.6 is 0 Å². The highest BCUT2D eigenvalue weighted by Crippen LogP contribution is 2.21. The average Bonchev–Trinajstić information content (AvgIpc) is 2.73. The Balaban J connectivity index is 1.77. The molecule has 0 aliphatic heterocycles. The second kappa shape index (κ2) is 7.40. The number of fused-ring (bicyclic) bond motifs is 2. The number of primary amides is 1. The Morgan fingerprint density at radius 1 is 0.900 bits per heavy atom. The highest BCUT2D eigenvalue weighted by atomic mass is 19.1. The molecule has 0 atom stereocenters. The van der Waals surface area contributed by atoms with Gasteiger partial charge in [-0.1, -0.05) is 24.3 Å². The number of hydrogen-bond donors (Lipinski definition) is 2. The van der Waals surface area contributed by atoms with Gasteiger partial charge in [-0.2, -0.15) is 0 Å². The number of aromatic nitrogens is 1. The van der Waals surface area contributed by atoms with Gasteiger partial charge in [0.25, 0.3) is 5.91 Å². The van der Waals surface area contributed by atoms with E-state index >= 15 is 0 Å². The Labute approximate surface area is 168 Å². The van der Waals surface area contributed by atoms with Crippen molar-refractivity contribution in [2.75, 3.05) is 5.32 Å². The summed E-state index contributed by atoms with van der Waals surface area (Å²) in [6.45, 7) is -0.246. The maximum absolute atomic E-state index is 14.1. The molecule has 0 fully saturated rings. The zero-order valence-electron chi connectivity index (χ0n) is 15.5. The number of rotatable bonds is 4. The van der Waals surface area contributed by atoms with Gasteiger partial charge < -0.3 is 15.6 Å². The molecule has 0 unspecified atom stereocenters.